The lowest BCUT2D eigenvalue weighted by Crippen LogP contribution is -2.25. The summed E-state index contributed by atoms with van der Waals surface area (Å²) >= 11 is 0. The largest absolute Gasteiger partial charge is 0.481 e. The SMILES string of the molecule is O=C(O)CCCS(=O)(=O)c1cc(Nc2cc(S(=O)(=O)O)c3[nH]c(=O)c(C(=O)c4cccc(S(=O)(=O)O)c4)c4c3c2C(=O)c2ccccc2-4)c(S(=O)(=O)O)cc1S(=O)(=O)O. The number of hydrogen-bond acceptors (Lipinski definition) is 15. The van der Waals surface area contributed by atoms with E-state index in [1.54, 1.807) is 0 Å². The molecule has 0 unspecified atom stereocenters. The molecule has 0 aliphatic heterocycles. The van der Waals surface area contributed by atoms with Gasteiger partial charge in [0.25, 0.3) is 46.0 Å². The number of sulfone groups is 1. The van der Waals surface area contributed by atoms with Crippen molar-refractivity contribution in [1.82, 2.24) is 4.98 Å². The quantitative estimate of drug-likeness (QED) is 0.0645. The smallest absolute Gasteiger partial charge is 0.303 e. The molecule has 59 heavy (non-hydrogen) atoms. The minimum atomic E-state index is -5.67. The first-order valence-electron chi connectivity index (χ1n) is 16.0. The lowest BCUT2D eigenvalue weighted by Gasteiger charge is -2.25. The predicted octanol–water partition coefficient (Wildman–Crippen LogP) is 2.34. The topological polar surface area (TPSA) is 368 Å². The molecule has 0 amide bonds. The molecule has 21 nitrogen and oxygen atoms in total. The third-order valence-corrected chi connectivity index (χ3v) is 14.3. The molecule has 4 aromatic carbocycles. The molecular formula is C33H24N2O19S5. The van der Waals surface area contributed by atoms with Crippen LogP contribution >= 0.6 is 0 Å². The van der Waals surface area contributed by atoms with Crippen LogP contribution in [0.3, 0.4) is 0 Å². The molecular weight excluding hydrogens is 889 g/mol. The molecule has 0 bridgehead atoms. The first-order chi connectivity index (χ1) is 27.1. The van der Waals surface area contributed by atoms with E-state index in [-0.39, 0.29) is 23.3 Å². The van der Waals surface area contributed by atoms with Gasteiger partial charge in [0.05, 0.1) is 43.6 Å². The van der Waals surface area contributed by atoms with Crippen LogP contribution < -0.4 is 10.9 Å². The third kappa shape index (κ3) is 8.04. The molecule has 26 heteroatoms. The Hall–Kier alpha value is -5.71. The van der Waals surface area contributed by atoms with E-state index < -0.39 is 161 Å². The van der Waals surface area contributed by atoms with Gasteiger partial charge in [-0.1, -0.05) is 36.4 Å². The normalized spacial score (nSPS) is 13.3. The minimum absolute atomic E-state index is 0.00483. The number of aromatic amines is 1. The van der Waals surface area contributed by atoms with Gasteiger partial charge < -0.3 is 15.4 Å². The fourth-order valence-electron chi connectivity index (χ4n) is 6.41. The van der Waals surface area contributed by atoms with Gasteiger partial charge in [-0.05, 0) is 42.3 Å². The molecule has 0 radical (unpaired) electrons. The molecule has 1 aliphatic rings. The van der Waals surface area contributed by atoms with E-state index in [9.17, 15) is 79.5 Å². The highest BCUT2D eigenvalue weighted by Crippen LogP contribution is 2.46. The molecule has 0 fully saturated rings. The van der Waals surface area contributed by atoms with Gasteiger partial charge in [0, 0.05) is 28.5 Å². The van der Waals surface area contributed by atoms with E-state index in [0.717, 1.165) is 18.2 Å². The van der Waals surface area contributed by atoms with Crippen LogP contribution in [-0.2, 0) is 55.1 Å². The number of hydrogen-bond donors (Lipinski definition) is 7. The van der Waals surface area contributed by atoms with Crippen LogP contribution in [-0.4, -0.2) is 93.7 Å². The summed E-state index contributed by atoms with van der Waals surface area (Å²) in [5.41, 5.74) is -7.17. The Morgan fingerprint density at radius 3 is 1.80 bits per heavy atom. The van der Waals surface area contributed by atoms with Crippen LogP contribution in [0.4, 0.5) is 11.4 Å². The molecule has 0 spiro atoms. The molecule has 0 saturated carbocycles. The number of benzene rings is 4. The summed E-state index contributed by atoms with van der Waals surface area (Å²) < 4.78 is 167. The van der Waals surface area contributed by atoms with Crippen LogP contribution in [0.2, 0.25) is 0 Å². The van der Waals surface area contributed by atoms with Crippen LogP contribution in [0.1, 0.15) is 44.7 Å². The first kappa shape index (κ1) is 42.9. The number of aromatic nitrogens is 1. The van der Waals surface area contributed by atoms with E-state index in [4.69, 9.17) is 5.11 Å². The number of H-pyrrole nitrogens is 1. The van der Waals surface area contributed by atoms with Crippen molar-refractivity contribution in [2.24, 2.45) is 0 Å². The standard InChI is InChI=1S/C33H24N2O19S5/c36-25(37)9-4-10-55(41,42)22-12-19(21(57(46,47)48)14-23(22)58(49,50)51)34-20-13-24(59(52,53)54)30-28-26(17-7-1-2-8-18(17)32(39)27(20)28)29(33(40)35-30)31(38)15-5-3-6-16(11-15)56(43,44)45/h1-3,5-8,11-14,34H,4,9-10H2,(H,35,40)(H,36,37)(H,43,44,45)(H,46,47,48)(H,49,50,51)(H,52,53,54). The number of aliphatic carboxylic acids is 1. The van der Waals surface area contributed by atoms with Crippen LogP contribution in [0, 0.1) is 0 Å². The zero-order valence-corrected chi connectivity index (χ0v) is 33.0. The monoisotopic (exact) mass is 912 g/mol. The van der Waals surface area contributed by atoms with Gasteiger partial charge in [-0.2, -0.15) is 33.7 Å². The Bertz CT molecular complexity index is 3380. The van der Waals surface area contributed by atoms with E-state index in [1.165, 1.54) is 24.3 Å². The number of carboxylic acids is 1. The Labute approximate surface area is 332 Å². The molecule has 0 atom stereocenters. The van der Waals surface area contributed by atoms with Crippen molar-refractivity contribution in [3.8, 4) is 11.1 Å². The second kappa shape index (κ2) is 14.5. The predicted molar refractivity (Wildman–Crippen MR) is 201 cm³/mol. The van der Waals surface area contributed by atoms with Crippen molar-refractivity contribution in [3.05, 3.63) is 99.3 Å². The van der Waals surface area contributed by atoms with Gasteiger partial charge in [-0.3, -0.25) is 37.4 Å². The first-order valence-corrected chi connectivity index (χ1v) is 23.4. The highest BCUT2D eigenvalue weighted by molar-refractivity contribution is 7.93. The van der Waals surface area contributed by atoms with E-state index in [2.05, 4.69) is 10.3 Å². The maximum Gasteiger partial charge on any atom is 0.303 e. The van der Waals surface area contributed by atoms with E-state index in [1.807, 2.05) is 0 Å². The number of ketones is 2. The fourth-order valence-corrected chi connectivity index (χ4v) is 11.0. The van der Waals surface area contributed by atoms with E-state index >= 15 is 0 Å². The Morgan fingerprint density at radius 2 is 1.22 bits per heavy atom. The highest BCUT2D eigenvalue weighted by atomic mass is 32.2. The zero-order valence-electron chi connectivity index (χ0n) is 29.0. The molecule has 0 saturated heterocycles. The number of rotatable bonds is 13. The summed E-state index contributed by atoms with van der Waals surface area (Å²) in [4.78, 5) is 49.1. The Balaban J connectivity index is 1.75. The summed E-state index contributed by atoms with van der Waals surface area (Å²) in [5.74, 6) is -4.85. The lowest BCUT2D eigenvalue weighted by atomic mass is 9.80. The highest BCUT2D eigenvalue weighted by Gasteiger charge is 2.37. The Kier molecular flexibility index (Phi) is 10.6. The van der Waals surface area contributed by atoms with Gasteiger partial charge in [0.2, 0.25) is 0 Å². The van der Waals surface area contributed by atoms with Crippen molar-refractivity contribution in [3.63, 3.8) is 0 Å². The van der Waals surface area contributed by atoms with Gasteiger partial charge in [0.15, 0.2) is 21.4 Å². The number of carbonyl (C=O) groups is 3. The fraction of sp³-hybridized carbons (Fsp3) is 0.0909. The van der Waals surface area contributed by atoms with Gasteiger partial charge >= 0.3 is 5.97 Å². The van der Waals surface area contributed by atoms with Gasteiger partial charge in [-0.15, -0.1) is 0 Å². The average Bonchev–Trinajstić information content (AvgIpc) is 3.11. The molecule has 310 valence electrons. The maximum absolute atomic E-state index is 14.4. The number of carboxylic acid groups (broad SMARTS) is 1. The summed E-state index contributed by atoms with van der Waals surface area (Å²) in [6.45, 7) is 0. The number of fused-ring (bicyclic) bond motifs is 2. The second-order valence-corrected chi connectivity index (χ2v) is 20.3. The van der Waals surface area contributed by atoms with Crippen LogP contribution in [0.5, 0.6) is 0 Å². The maximum atomic E-state index is 14.4. The van der Waals surface area contributed by atoms with Crippen molar-refractivity contribution >= 4 is 90.1 Å². The summed E-state index contributed by atoms with van der Waals surface area (Å²) in [6, 6.07) is 9.55. The van der Waals surface area contributed by atoms with Gasteiger partial charge in [0.1, 0.15) is 14.7 Å². The van der Waals surface area contributed by atoms with Crippen molar-refractivity contribution in [2.75, 3.05) is 11.1 Å². The molecule has 1 aliphatic carbocycles. The molecule has 6 rings (SSSR count). The Morgan fingerprint density at radius 1 is 0.627 bits per heavy atom. The average molecular weight is 913 g/mol. The summed E-state index contributed by atoms with van der Waals surface area (Å²) in [5, 5.41) is 10.6. The number of nitrogens with one attached hydrogen (secondary N) is 2. The van der Waals surface area contributed by atoms with Gasteiger partial charge in [-0.25, -0.2) is 8.42 Å². The van der Waals surface area contributed by atoms with Crippen molar-refractivity contribution < 1.29 is 79.8 Å². The molecule has 1 aromatic heterocycles. The molecule has 5 aromatic rings. The zero-order chi connectivity index (χ0) is 43.8. The number of anilines is 2. The lowest BCUT2D eigenvalue weighted by molar-refractivity contribution is -0.137. The minimum Gasteiger partial charge on any atom is -0.481 e. The van der Waals surface area contributed by atoms with E-state index in [0.29, 0.717) is 12.1 Å². The summed E-state index contributed by atoms with van der Waals surface area (Å²) in [7, 11) is -26.7. The van der Waals surface area contributed by atoms with Crippen LogP contribution in [0.25, 0.3) is 22.0 Å². The number of carbonyl (C=O) groups excluding carboxylic acids is 2. The summed E-state index contributed by atoms with van der Waals surface area (Å²) in [6.07, 6.45) is -1.38. The molecule has 7 N–H and O–H groups in total. The second-order valence-electron chi connectivity index (χ2n) is 12.6. The van der Waals surface area contributed by atoms with Crippen molar-refractivity contribution in [1.29, 1.82) is 0 Å². The molecule has 1 heterocycles. The van der Waals surface area contributed by atoms with Crippen molar-refractivity contribution in [2.45, 2.75) is 37.3 Å². The number of pyridine rings is 1. The third-order valence-electron chi connectivity index (χ3n) is 8.83. The van der Waals surface area contributed by atoms with Crippen LogP contribution in [0.15, 0.2) is 96.0 Å².